The van der Waals surface area contributed by atoms with E-state index >= 15 is 0 Å². The maximum absolute atomic E-state index is 12.9. The standard InChI is InChI=1S/C10H10F6O2/c11-9(12,13)8(10(14,15)16)5-2-3-1-4(5)7(18-8)6(3)17/h3-7,17H,1-2H2/t3-,4+,5?,6?,7?/m0/s1. The van der Waals surface area contributed by atoms with Gasteiger partial charge in [0, 0.05) is 5.92 Å². The quantitative estimate of drug-likeness (QED) is 0.688. The largest absolute Gasteiger partial charge is 0.426 e. The third-order valence-corrected chi connectivity index (χ3v) is 4.58. The lowest BCUT2D eigenvalue weighted by molar-refractivity contribution is -0.385. The molecule has 2 nitrogen and oxygen atoms in total. The van der Waals surface area contributed by atoms with Crippen molar-refractivity contribution in [3.05, 3.63) is 0 Å². The molecule has 0 aromatic rings. The fraction of sp³-hybridized carbons (Fsp3) is 1.00. The van der Waals surface area contributed by atoms with Crippen molar-refractivity contribution in [2.24, 2.45) is 17.8 Å². The Balaban J connectivity index is 2.09. The number of halogens is 6. The molecule has 0 spiro atoms. The second kappa shape index (κ2) is 3.15. The summed E-state index contributed by atoms with van der Waals surface area (Å²) in [5.41, 5.74) is -4.10. The molecule has 3 fully saturated rings. The second-order valence-electron chi connectivity index (χ2n) is 5.31. The van der Waals surface area contributed by atoms with Crippen molar-refractivity contribution < 1.29 is 36.2 Å². The molecular weight excluding hydrogens is 266 g/mol. The Kier molecular flexibility index (Phi) is 2.19. The maximum atomic E-state index is 12.9. The summed E-state index contributed by atoms with van der Waals surface area (Å²) in [6.07, 6.45) is -13.7. The smallest absolute Gasteiger partial charge is 0.390 e. The Hall–Kier alpha value is -0.500. The molecule has 2 saturated carbocycles. The molecule has 18 heavy (non-hydrogen) atoms. The topological polar surface area (TPSA) is 29.5 Å². The van der Waals surface area contributed by atoms with Gasteiger partial charge in [-0.05, 0) is 24.7 Å². The monoisotopic (exact) mass is 276 g/mol. The van der Waals surface area contributed by atoms with Crippen molar-refractivity contribution in [3.8, 4) is 0 Å². The van der Waals surface area contributed by atoms with Crippen LogP contribution in [0.25, 0.3) is 0 Å². The van der Waals surface area contributed by atoms with Gasteiger partial charge in [0.1, 0.15) is 0 Å². The fourth-order valence-electron chi connectivity index (χ4n) is 3.92. The highest BCUT2D eigenvalue weighted by Crippen LogP contribution is 2.67. The summed E-state index contributed by atoms with van der Waals surface area (Å²) in [7, 11) is 0. The molecule has 0 radical (unpaired) electrons. The van der Waals surface area contributed by atoms with E-state index < -0.39 is 47.9 Å². The van der Waals surface area contributed by atoms with E-state index in [0.29, 0.717) is 0 Å². The van der Waals surface area contributed by atoms with Gasteiger partial charge in [-0.3, -0.25) is 0 Å². The average molecular weight is 276 g/mol. The van der Waals surface area contributed by atoms with Crippen molar-refractivity contribution in [1.29, 1.82) is 0 Å². The number of aliphatic hydroxyl groups is 1. The van der Waals surface area contributed by atoms with E-state index in [0.717, 1.165) is 0 Å². The first kappa shape index (κ1) is 12.5. The molecule has 8 heteroatoms. The van der Waals surface area contributed by atoms with Gasteiger partial charge in [0.25, 0.3) is 5.60 Å². The first-order valence-corrected chi connectivity index (χ1v) is 5.59. The van der Waals surface area contributed by atoms with E-state index in [1.165, 1.54) is 0 Å². The highest BCUT2D eigenvalue weighted by molar-refractivity contribution is 5.18. The molecular formula is C10H10F6O2. The van der Waals surface area contributed by atoms with Crippen LogP contribution in [-0.2, 0) is 4.74 Å². The van der Waals surface area contributed by atoms with Crippen LogP contribution in [0.3, 0.4) is 0 Å². The molecule has 3 rings (SSSR count). The van der Waals surface area contributed by atoms with Gasteiger partial charge in [-0.25, -0.2) is 0 Å². The summed E-state index contributed by atoms with van der Waals surface area (Å²) in [5, 5.41) is 9.61. The summed E-state index contributed by atoms with van der Waals surface area (Å²) >= 11 is 0. The van der Waals surface area contributed by atoms with Gasteiger partial charge in [0.15, 0.2) is 0 Å². The van der Waals surface area contributed by atoms with Crippen molar-refractivity contribution >= 4 is 0 Å². The van der Waals surface area contributed by atoms with Crippen LogP contribution in [0.5, 0.6) is 0 Å². The maximum Gasteiger partial charge on any atom is 0.426 e. The van der Waals surface area contributed by atoms with Crippen LogP contribution >= 0.6 is 0 Å². The van der Waals surface area contributed by atoms with Gasteiger partial charge in [-0.2, -0.15) is 26.3 Å². The summed E-state index contributed by atoms with van der Waals surface area (Å²) in [4.78, 5) is 0. The predicted octanol–water partition coefficient (Wildman–Crippen LogP) is 2.27. The minimum atomic E-state index is -5.51. The molecule has 3 unspecified atom stereocenters. The van der Waals surface area contributed by atoms with Crippen LogP contribution in [0.4, 0.5) is 26.3 Å². The summed E-state index contributed by atoms with van der Waals surface area (Å²) < 4.78 is 82.0. The molecule has 1 aliphatic heterocycles. The Morgan fingerprint density at radius 3 is 1.94 bits per heavy atom. The van der Waals surface area contributed by atoms with E-state index in [1.807, 2.05) is 0 Å². The molecule has 0 aromatic heterocycles. The highest BCUT2D eigenvalue weighted by Gasteiger charge is 2.84. The van der Waals surface area contributed by atoms with Crippen LogP contribution < -0.4 is 0 Å². The Morgan fingerprint density at radius 2 is 1.56 bits per heavy atom. The van der Waals surface area contributed by atoms with E-state index in [9.17, 15) is 31.4 Å². The number of aliphatic hydroxyl groups excluding tert-OH is 1. The molecule has 2 bridgehead atoms. The zero-order chi connectivity index (χ0) is 13.5. The molecule has 5 atom stereocenters. The number of alkyl halides is 6. The first-order chi connectivity index (χ1) is 8.09. The van der Waals surface area contributed by atoms with Crippen LogP contribution in [-0.4, -0.2) is 35.3 Å². The van der Waals surface area contributed by atoms with Crippen molar-refractivity contribution in [3.63, 3.8) is 0 Å². The van der Waals surface area contributed by atoms with Crippen molar-refractivity contribution in [2.45, 2.75) is 43.0 Å². The lowest BCUT2D eigenvalue weighted by Gasteiger charge is -2.36. The number of hydrogen-bond acceptors (Lipinski definition) is 2. The molecule has 1 heterocycles. The first-order valence-electron chi connectivity index (χ1n) is 5.59. The Labute approximate surface area is 97.9 Å². The van der Waals surface area contributed by atoms with Crippen LogP contribution in [0.1, 0.15) is 12.8 Å². The zero-order valence-corrected chi connectivity index (χ0v) is 8.92. The average Bonchev–Trinajstić information content (AvgIpc) is 2.72. The third kappa shape index (κ3) is 1.18. The molecule has 104 valence electrons. The van der Waals surface area contributed by atoms with Gasteiger partial charge in [-0.15, -0.1) is 0 Å². The van der Waals surface area contributed by atoms with Crippen molar-refractivity contribution in [2.75, 3.05) is 0 Å². The molecule has 0 amide bonds. The van der Waals surface area contributed by atoms with Crippen molar-refractivity contribution in [1.82, 2.24) is 0 Å². The van der Waals surface area contributed by atoms with E-state index in [4.69, 9.17) is 0 Å². The number of rotatable bonds is 0. The Bertz CT molecular complexity index is 362. The minimum Gasteiger partial charge on any atom is -0.390 e. The molecule has 0 aromatic carbocycles. The van der Waals surface area contributed by atoms with Crippen LogP contribution in [0, 0.1) is 17.8 Å². The number of ether oxygens (including phenoxy) is 1. The summed E-state index contributed by atoms with van der Waals surface area (Å²) in [5.74, 6) is -2.96. The van der Waals surface area contributed by atoms with Gasteiger partial charge in [-0.1, -0.05) is 0 Å². The van der Waals surface area contributed by atoms with Gasteiger partial charge < -0.3 is 9.84 Å². The van der Waals surface area contributed by atoms with E-state index in [-0.39, 0.29) is 12.8 Å². The van der Waals surface area contributed by atoms with E-state index in [2.05, 4.69) is 4.74 Å². The summed E-state index contributed by atoms with van der Waals surface area (Å²) in [6.45, 7) is 0. The second-order valence-corrected chi connectivity index (χ2v) is 5.31. The van der Waals surface area contributed by atoms with Crippen LogP contribution in [0.15, 0.2) is 0 Å². The SMILES string of the molecule is OC1C2OC(C(F)(F)F)(C(F)(F)F)C3C[C@@H]1C[C@@H]23. The molecule has 1 saturated heterocycles. The molecule has 1 N–H and O–H groups in total. The van der Waals surface area contributed by atoms with Gasteiger partial charge >= 0.3 is 12.4 Å². The molecule has 2 aliphatic carbocycles. The lowest BCUT2D eigenvalue weighted by Crippen LogP contribution is -2.60. The summed E-state index contributed by atoms with van der Waals surface area (Å²) in [6, 6.07) is 0. The third-order valence-electron chi connectivity index (χ3n) is 4.58. The molecule has 3 aliphatic rings. The van der Waals surface area contributed by atoms with Crippen LogP contribution in [0.2, 0.25) is 0 Å². The highest BCUT2D eigenvalue weighted by atomic mass is 19.4. The number of fused-ring (bicyclic) bond motifs is 1. The fourth-order valence-corrected chi connectivity index (χ4v) is 3.92. The van der Waals surface area contributed by atoms with Gasteiger partial charge in [0.05, 0.1) is 12.2 Å². The zero-order valence-electron chi connectivity index (χ0n) is 8.92. The number of hydrogen-bond donors (Lipinski definition) is 1. The van der Waals surface area contributed by atoms with Gasteiger partial charge in [0.2, 0.25) is 0 Å². The predicted molar refractivity (Wildman–Crippen MR) is 45.4 cm³/mol. The lowest BCUT2D eigenvalue weighted by atomic mass is 9.77. The van der Waals surface area contributed by atoms with E-state index in [1.54, 1.807) is 0 Å². The minimum absolute atomic E-state index is 0.185. The normalized spacial score (nSPS) is 45.8. The Morgan fingerprint density at radius 1 is 1.00 bits per heavy atom.